The number of hydrogen-bond donors (Lipinski definition) is 0. The molecule has 0 bridgehead atoms. The van der Waals surface area contributed by atoms with Gasteiger partial charge in [0, 0.05) is 50.4 Å². The van der Waals surface area contributed by atoms with Crippen LogP contribution in [0.4, 0.5) is 5.00 Å². The predicted molar refractivity (Wildman–Crippen MR) is 138 cm³/mol. The number of carbonyl (C=O) groups is 2. The smallest absolute Gasteiger partial charge is 0.264 e. The third kappa shape index (κ3) is 5.04. The normalized spacial score (nSPS) is 16.3. The second-order valence-corrected chi connectivity index (χ2v) is 9.64. The van der Waals surface area contributed by atoms with Crippen LogP contribution in [0, 0.1) is 0 Å². The van der Waals surface area contributed by atoms with Crippen molar-refractivity contribution in [2.24, 2.45) is 0 Å². The van der Waals surface area contributed by atoms with Crippen molar-refractivity contribution in [1.29, 1.82) is 0 Å². The van der Waals surface area contributed by atoms with Crippen LogP contribution in [0.3, 0.4) is 0 Å². The van der Waals surface area contributed by atoms with Gasteiger partial charge in [-0.3, -0.25) is 9.59 Å². The summed E-state index contributed by atoms with van der Waals surface area (Å²) < 4.78 is 10.7. The summed E-state index contributed by atoms with van der Waals surface area (Å²) in [5.74, 6) is 0.735. The van der Waals surface area contributed by atoms with Crippen molar-refractivity contribution in [3.8, 4) is 16.9 Å². The lowest BCUT2D eigenvalue weighted by Crippen LogP contribution is -2.50. The molecule has 7 nitrogen and oxygen atoms in total. The van der Waals surface area contributed by atoms with Crippen LogP contribution < -0.4 is 9.64 Å². The molecule has 1 aromatic heterocycles. The van der Waals surface area contributed by atoms with Crippen molar-refractivity contribution in [2.45, 2.75) is 0 Å². The number of morpholine rings is 1. The SMILES string of the molecule is COc1ccc(C(=O)N2CCN(C(=O)c3cc(-c4ccccc4)c(N4CCOCC4)s3)CC2)cc1. The average molecular weight is 492 g/mol. The van der Waals surface area contributed by atoms with Crippen molar-refractivity contribution in [3.63, 3.8) is 0 Å². The van der Waals surface area contributed by atoms with Crippen molar-refractivity contribution in [1.82, 2.24) is 9.80 Å². The van der Waals surface area contributed by atoms with E-state index in [1.165, 1.54) is 0 Å². The number of rotatable bonds is 5. The summed E-state index contributed by atoms with van der Waals surface area (Å²) in [5, 5.41) is 1.12. The second kappa shape index (κ2) is 10.5. The summed E-state index contributed by atoms with van der Waals surface area (Å²) in [6.07, 6.45) is 0. The topological polar surface area (TPSA) is 62.3 Å². The van der Waals surface area contributed by atoms with Gasteiger partial charge in [0.15, 0.2) is 0 Å². The molecule has 0 saturated carbocycles. The monoisotopic (exact) mass is 491 g/mol. The minimum Gasteiger partial charge on any atom is -0.497 e. The predicted octanol–water partition coefficient (Wildman–Crippen LogP) is 3.86. The fraction of sp³-hybridized carbons (Fsp3) is 0.333. The molecule has 2 amide bonds. The van der Waals surface area contributed by atoms with E-state index in [-0.39, 0.29) is 11.8 Å². The Kier molecular flexibility index (Phi) is 7.01. The van der Waals surface area contributed by atoms with Crippen LogP contribution in [-0.2, 0) is 4.74 Å². The number of hydrogen-bond acceptors (Lipinski definition) is 6. The van der Waals surface area contributed by atoms with Crippen molar-refractivity contribution < 1.29 is 19.1 Å². The number of ether oxygens (including phenoxy) is 2. The van der Waals surface area contributed by atoms with E-state index in [0.29, 0.717) is 45.0 Å². The van der Waals surface area contributed by atoms with E-state index in [1.807, 2.05) is 34.1 Å². The first-order valence-electron chi connectivity index (χ1n) is 11.9. The van der Waals surface area contributed by atoms with Crippen LogP contribution in [0.2, 0.25) is 0 Å². The molecule has 0 spiro atoms. The molecule has 0 aliphatic carbocycles. The molecule has 182 valence electrons. The summed E-state index contributed by atoms with van der Waals surface area (Å²) in [6, 6.07) is 19.4. The van der Waals surface area contributed by atoms with Crippen molar-refractivity contribution >= 4 is 28.2 Å². The first kappa shape index (κ1) is 23.4. The highest BCUT2D eigenvalue weighted by atomic mass is 32.1. The van der Waals surface area contributed by atoms with Crippen LogP contribution in [0.25, 0.3) is 11.1 Å². The van der Waals surface area contributed by atoms with Gasteiger partial charge in [-0.25, -0.2) is 0 Å². The highest BCUT2D eigenvalue weighted by Crippen LogP contribution is 2.40. The van der Waals surface area contributed by atoms with E-state index in [4.69, 9.17) is 9.47 Å². The zero-order valence-electron chi connectivity index (χ0n) is 19.8. The molecule has 0 unspecified atom stereocenters. The highest BCUT2D eigenvalue weighted by Gasteiger charge is 2.28. The number of benzene rings is 2. The molecule has 3 aromatic rings. The summed E-state index contributed by atoms with van der Waals surface area (Å²) in [6.45, 7) is 5.10. The number of nitrogens with zero attached hydrogens (tertiary/aromatic N) is 3. The lowest BCUT2D eigenvalue weighted by Gasteiger charge is -2.34. The molecular formula is C27H29N3O4S. The van der Waals surface area contributed by atoms with E-state index >= 15 is 0 Å². The van der Waals surface area contributed by atoms with E-state index < -0.39 is 0 Å². The summed E-state index contributed by atoms with van der Waals surface area (Å²) in [5.41, 5.74) is 2.83. The molecule has 2 aliphatic heterocycles. The summed E-state index contributed by atoms with van der Waals surface area (Å²) in [7, 11) is 1.60. The Labute approximate surface area is 209 Å². The molecule has 2 saturated heterocycles. The molecule has 0 radical (unpaired) electrons. The second-order valence-electron chi connectivity index (χ2n) is 8.61. The molecule has 5 rings (SSSR count). The van der Waals surface area contributed by atoms with Gasteiger partial charge in [0.2, 0.25) is 0 Å². The van der Waals surface area contributed by atoms with Crippen molar-refractivity contribution in [2.75, 3.05) is 64.5 Å². The number of piperazine rings is 1. The number of anilines is 1. The van der Waals surface area contributed by atoms with Gasteiger partial charge in [-0.1, -0.05) is 30.3 Å². The maximum atomic E-state index is 13.5. The lowest BCUT2D eigenvalue weighted by molar-refractivity contribution is 0.0538. The van der Waals surface area contributed by atoms with Crippen molar-refractivity contribution in [3.05, 3.63) is 71.1 Å². The number of methoxy groups -OCH3 is 1. The highest BCUT2D eigenvalue weighted by molar-refractivity contribution is 7.18. The van der Waals surface area contributed by atoms with Gasteiger partial charge in [-0.2, -0.15) is 0 Å². The van der Waals surface area contributed by atoms with Gasteiger partial charge >= 0.3 is 0 Å². The van der Waals surface area contributed by atoms with E-state index in [1.54, 1.807) is 42.7 Å². The summed E-state index contributed by atoms with van der Waals surface area (Å²) >= 11 is 1.56. The maximum absolute atomic E-state index is 13.5. The number of amides is 2. The van der Waals surface area contributed by atoms with Crippen LogP contribution in [0.5, 0.6) is 5.75 Å². The van der Waals surface area contributed by atoms with Crippen LogP contribution in [-0.4, -0.2) is 81.2 Å². The molecule has 2 aromatic carbocycles. The van der Waals surface area contributed by atoms with Crippen LogP contribution in [0.1, 0.15) is 20.0 Å². The van der Waals surface area contributed by atoms with Gasteiger partial charge in [-0.15, -0.1) is 11.3 Å². The third-order valence-corrected chi connectivity index (χ3v) is 7.68. The Bertz CT molecular complexity index is 1160. The van der Waals surface area contributed by atoms with E-state index in [2.05, 4.69) is 17.0 Å². The van der Waals surface area contributed by atoms with Gasteiger partial charge in [0.25, 0.3) is 11.8 Å². The Morgan fingerprint density at radius 3 is 2.09 bits per heavy atom. The molecule has 0 N–H and O–H groups in total. The largest absolute Gasteiger partial charge is 0.497 e. The van der Waals surface area contributed by atoms with Crippen LogP contribution >= 0.6 is 11.3 Å². The Morgan fingerprint density at radius 2 is 1.46 bits per heavy atom. The van der Waals surface area contributed by atoms with Crippen LogP contribution in [0.15, 0.2) is 60.7 Å². The fourth-order valence-corrected chi connectivity index (χ4v) is 5.70. The first-order valence-corrected chi connectivity index (χ1v) is 12.7. The minimum atomic E-state index is -0.0168. The lowest BCUT2D eigenvalue weighted by atomic mass is 10.1. The van der Waals surface area contributed by atoms with Gasteiger partial charge in [0.1, 0.15) is 5.75 Å². The van der Waals surface area contributed by atoms with E-state index in [9.17, 15) is 9.59 Å². The molecule has 0 atom stereocenters. The maximum Gasteiger partial charge on any atom is 0.264 e. The van der Waals surface area contributed by atoms with Gasteiger partial charge in [-0.05, 0) is 35.9 Å². The quantitative estimate of drug-likeness (QED) is 0.543. The molecular weight excluding hydrogens is 462 g/mol. The molecule has 3 heterocycles. The van der Waals surface area contributed by atoms with Gasteiger partial charge in [0.05, 0.1) is 30.2 Å². The zero-order valence-corrected chi connectivity index (χ0v) is 20.6. The molecule has 35 heavy (non-hydrogen) atoms. The minimum absolute atomic E-state index is 0.0168. The number of carbonyl (C=O) groups excluding carboxylic acids is 2. The third-order valence-electron chi connectivity index (χ3n) is 6.50. The average Bonchev–Trinajstić information content (AvgIpc) is 3.39. The van der Waals surface area contributed by atoms with Gasteiger partial charge < -0.3 is 24.2 Å². The van der Waals surface area contributed by atoms with E-state index in [0.717, 1.165) is 39.8 Å². The Hall–Kier alpha value is -3.36. The standard InChI is InChI=1S/C27H29N3O4S/c1-33-22-9-7-21(8-10-22)25(31)28-11-13-29(14-12-28)26(32)24-19-23(20-5-3-2-4-6-20)27(35-24)30-15-17-34-18-16-30/h2-10,19H,11-18H2,1H3. The first-order chi connectivity index (χ1) is 17.1. The number of thiophene rings is 1. The molecule has 8 heteroatoms. The molecule has 2 aliphatic rings. The summed E-state index contributed by atoms with van der Waals surface area (Å²) in [4.78, 5) is 33.1. The zero-order chi connectivity index (χ0) is 24.2. The fourth-order valence-electron chi connectivity index (χ4n) is 4.50. The Morgan fingerprint density at radius 1 is 0.829 bits per heavy atom. The molecule has 2 fully saturated rings. The Balaban J connectivity index is 1.30.